The van der Waals surface area contributed by atoms with Gasteiger partial charge in [0.05, 0.1) is 6.10 Å². The summed E-state index contributed by atoms with van der Waals surface area (Å²) in [7, 11) is 0. The maximum atomic E-state index is 6.04. The van der Waals surface area contributed by atoms with Gasteiger partial charge in [-0.05, 0) is 44.7 Å². The first-order chi connectivity index (χ1) is 8.13. The van der Waals surface area contributed by atoms with Crippen molar-refractivity contribution in [3.63, 3.8) is 0 Å². The predicted octanol–water partition coefficient (Wildman–Crippen LogP) is 3.53. The van der Waals surface area contributed by atoms with E-state index in [0.29, 0.717) is 6.04 Å². The molecule has 2 nitrogen and oxygen atoms in total. The second kappa shape index (κ2) is 7.33. The van der Waals surface area contributed by atoms with Crippen molar-refractivity contribution in [1.82, 2.24) is 0 Å². The first-order valence-corrected chi connectivity index (χ1v) is 6.63. The highest BCUT2D eigenvalue weighted by Gasteiger charge is 2.07. The van der Waals surface area contributed by atoms with Gasteiger partial charge in [-0.3, -0.25) is 0 Å². The Labute approximate surface area is 105 Å². The van der Waals surface area contributed by atoms with Gasteiger partial charge in [0.25, 0.3) is 0 Å². The molecule has 0 bridgehead atoms. The van der Waals surface area contributed by atoms with Crippen LogP contribution in [0.5, 0.6) is 5.75 Å². The van der Waals surface area contributed by atoms with Gasteiger partial charge in [-0.1, -0.05) is 31.5 Å². The summed E-state index contributed by atoms with van der Waals surface area (Å²) in [6.07, 6.45) is 4.52. The molecule has 1 aromatic rings. The summed E-state index contributed by atoms with van der Waals surface area (Å²) in [5.74, 6) is 1.01. The number of nitrogens with two attached hydrogens (primary N) is 1. The molecule has 0 aliphatic rings. The molecule has 0 saturated carbocycles. The molecule has 17 heavy (non-hydrogen) atoms. The molecule has 1 aromatic carbocycles. The van der Waals surface area contributed by atoms with Gasteiger partial charge in [0.1, 0.15) is 5.75 Å². The molecule has 0 aromatic heterocycles. The lowest BCUT2D eigenvalue weighted by atomic mass is 10.0. The van der Waals surface area contributed by atoms with Crippen LogP contribution in [-0.4, -0.2) is 12.1 Å². The van der Waals surface area contributed by atoms with Crippen LogP contribution in [0.4, 0.5) is 0 Å². The minimum Gasteiger partial charge on any atom is -0.491 e. The summed E-state index contributed by atoms with van der Waals surface area (Å²) in [5, 5.41) is 0. The summed E-state index contributed by atoms with van der Waals surface area (Å²) < 4.78 is 5.80. The number of ether oxygens (including phenoxy) is 1. The molecule has 2 N–H and O–H groups in total. The van der Waals surface area contributed by atoms with Gasteiger partial charge in [-0.25, -0.2) is 0 Å². The van der Waals surface area contributed by atoms with E-state index in [0.717, 1.165) is 31.4 Å². The lowest BCUT2D eigenvalue weighted by Gasteiger charge is -2.15. The van der Waals surface area contributed by atoms with E-state index >= 15 is 0 Å². The van der Waals surface area contributed by atoms with Crippen molar-refractivity contribution in [3.05, 3.63) is 29.8 Å². The Morgan fingerprint density at radius 1 is 1.18 bits per heavy atom. The van der Waals surface area contributed by atoms with Crippen molar-refractivity contribution < 1.29 is 4.74 Å². The summed E-state index contributed by atoms with van der Waals surface area (Å²) in [6, 6.07) is 8.57. The Balaban J connectivity index is 2.57. The molecule has 0 heterocycles. The summed E-state index contributed by atoms with van der Waals surface area (Å²) >= 11 is 0. The highest BCUT2D eigenvalue weighted by atomic mass is 16.5. The first kappa shape index (κ1) is 14.0. The summed E-state index contributed by atoms with van der Waals surface area (Å²) in [4.78, 5) is 0. The molecule has 96 valence electrons. The van der Waals surface area contributed by atoms with Crippen molar-refractivity contribution in [1.29, 1.82) is 0 Å². The van der Waals surface area contributed by atoms with Crippen LogP contribution in [-0.2, 0) is 6.42 Å². The van der Waals surface area contributed by atoms with Gasteiger partial charge in [-0.2, -0.15) is 0 Å². The summed E-state index contributed by atoms with van der Waals surface area (Å²) in [5.41, 5.74) is 7.31. The second-order valence-corrected chi connectivity index (χ2v) is 4.86. The minimum atomic E-state index is 0.223. The molecule has 0 saturated heterocycles. The Morgan fingerprint density at radius 3 is 2.53 bits per heavy atom. The van der Waals surface area contributed by atoms with Crippen molar-refractivity contribution in [3.8, 4) is 5.75 Å². The monoisotopic (exact) mass is 235 g/mol. The zero-order valence-electron chi connectivity index (χ0n) is 11.3. The molecule has 0 radical (unpaired) electrons. The molecule has 0 aliphatic carbocycles. The minimum absolute atomic E-state index is 0.223. The van der Waals surface area contributed by atoms with E-state index in [-0.39, 0.29) is 6.10 Å². The number of hydrogen-bond donors (Lipinski definition) is 1. The Kier molecular flexibility index (Phi) is 6.06. The van der Waals surface area contributed by atoms with E-state index in [1.165, 1.54) is 5.56 Å². The highest BCUT2D eigenvalue weighted by Crippen LogP contribution is 2.21. The molecule has 0 amide bonds. The molecular formula is C15H25NO. The number of benzene rings is 1. The van der Waals surface area contributed by atoms with Gasteiger partial charge < -0.3 is 10.5 Å². The van der Waals surface area contributed by atoms with Crippen molar-refractivity contribution >= 4 is 0 Å². The van der Waals surface area contributed by atoms with Gasteiger partial charge in [0, 0.05) is 6.04 Å². The molecular weight excluding hydrogens is 210 g/mol. The average Bonchev–Trinajstić information content (AvgIpc) is 2.27. The van der Waals surface area contributed by atoms with Crippen LogP contribution < -0.4 is 10.5 Å². The van der Waals surface area contributed by atoms with Crippen molar-refractivity contribution in [2.24, 2.45) is 5.73 Å². The third-order valence-electron chi connectivity index (χ3n) is 2.78. The smallest absolute Gasteiger partial charge is 0.122 e. The van der Waals surface area contributed by atoms with Crippen LogP contribution >= 0.6 is 0 Å². The molecule has 1 rings (SSSR count). The van der Waals surface area contributed by atoms with Crippen LogP contribution in [0.3, 0.4) is 0 Å². The quantitative estimate of drug-likeness (QED) is 0.784. The fourth-order valence-electron chi connectivity index (χ4n) is 1.94. The molecule has 0 fully saturated rings. The van der Waals surface area contributed by atoms with Crippen LogP contribution in [0.25, 0.3) is 0 Å². The number of para-hydroxylation sites is 1. The number of hydrogen-bond acceptors (Lipinski definition) is 2. The van der Waals surface area contributed by atoms with E-state index in [2.05, 4.69) is 32.9 Å². The number of aryl methyl sites for hydroxylation is 1. The second-order valence-electron chi connectivity index (χ2n) is 4.86. The number of rotatable bonds is 7. The molecule has 1 atom stereocenters. The lowest BCUT2D eigenvalue weighted by Crippen LogP contribution is -2.20. The van der Waals surface area contributed by atoms with Crippen LogP contribution in [0.2, 0.25) is 0 Å². The largest absolute Gasteiger partial charge is 0.491 e. The van der Waals surface area contributed by atoms with Gasteiger partial charge >= 0.3 is 0 Å². The molecule has 0 spiro atoms. The Morgan fingerprint density at radius 2 is 1.88 bits per heavy atom. The lowest BCUT2D eigenvalue weighted by molar-refractivity contribution is 0.239. The van der Waals surface area contributed by atoms with Crippen molar-refractivity contribution in [2.45, 2.75) is 58.6 Å². The molecule has 1 unspecified atom stereocenters. The van der Waals surface area contributed by atoms with Gasteiger partial charge in [0.15, 0.2) is 0 Å². The van der Waals surface area contributed by atoms with E-state index in [9.17, 15) is 0 Å². The fraction of sp³-hybridized carbons (Fsp3) is 0.600. The van der Waals surface area contributed by atoms with E-state index in [1.54, 1.807) is 0 Å². The molecule has 0 aliphatic heterocycles. The zero-order chi connectivity index (χ0) is 12.7. The average molecular weight is 235 g/mol. The maximum absolute atomic E-state index is 6.04. The van der Waals surface area contributed by atoms with Crippen LogP contribution in [0.1, 0.15) is 45.6 Å². The highest BCUT2D eigenvalue weighted by molar-refractivity contribution is 5.33. The van der Waals surface area contributed by atoms with E-state index in [4.69, 9.17) is 10.5 Å². The van der Waals surface area contributed by atoms with Crippen LogP contribution in [0, 0.1) is 0 Å². The first-order valence-electron chi connectivity index (χ1n) is 6.63. The normalized spacial score (nSPS) is 12.8. The van der Waals surface area contributed by atoms with Gasteiger partial charge in [0.2, 0.25) is 0 Å². The topological polar surface area (TPSA) is 35.2 Å². The van der Waals surface area contributed by atoms with Crippen molar-refractivity contribution in [2.75, 3.05) is 0 Å². The summed E-state index contributed by atoms with van der Waals surface area (Å²) in [6.45, 7) is 6.29. The van der Waals surface area contributed by atoms with E-state index < -0.39 is 0 Å². The SMILES string of the molecule is CCCC(N)CCc1ccccc1OC(C)C. The van der Waals surface area contributed by atoms with Crippen LogP contribution in [0.15, 0.2) is 24.3 Å². The van der Waals surface area contributed by atoms with E-state index in [1.807, 2.05) is 12.1 Å². The maximum Gasteiger partial charge on any atom is 0.122 e. The van der Waals surface area contributed by atoms with Gasteiger partial charge in [-0.15, -0.1) is 0 Å². The fourth-order valence-corrected chi connectivity index (χ4v) is 1.94. The standard InChI is InChI=1S/C15H25NO/c1-4-7-14(16)11-10-13-8-5-6-9-15(13)17-12(2)3/h5-6,8-9,12,14H,4,7,10-11,16H2,1-3H3. The predicted molar refractivity (Wildman–Crippen MR) is 73.4 cm³/mol. The molecule has 2 heteroatoms. The zero-order valence-corrected chi connectivity index (χ0v) is 11.3. The Bertz CT molecular complexity index is 322. The third kappa shape index (κ3) is 5.22. The third-order valence-corrected chi connectivity index (χ3v) is 2.78. The Hall–Kier alpha value is -1.02.